The lowest BCUT2D eigenvalue weighted by molar-refractivity contribution is -0.136. The van der Waals surface area contributed by atoms with Gasteiger partial charge < -0.3 is 19.9 Å². The summed E-state index contributed by atoms with van der Waals surface area (Å²) < 4.78 is 51.8. The average molecular weight is 542 g/mol. The van der Waals surface area contributed by atoms with Gasteiger partial charge in [-0.15, -0.1) is 0 Å². The zero-order valence-electron chi connectivity index (χ0n) is 21.4. The van der Waals surface area contributed by atoms with E-state index in [-0.39, 0.29) is 36.9 Å². The van der Waals surface area contributed by atoms with Crippen molar-refractivity contribution in [3.8, 4) is 5.75 Å². The summed E-state index contributed by atoms with van der Waals surface area (Å²) in [5.41, 5.74) is 1.77. The van der Waals surface area contributed by atoms with Gasteiger partial charge in [0.15, 0.2) is 11.6 Å². The van der Waals surface area contributed by atoms with Gasteiger partial charge in [0, 0.05) is 36.8 Å². The Balaban J connectivity index is 1.55. The molecule has 9 heteroatoms. The van der Waals surface area contributed by atoms with Crippen LogP contribution in [0.15, 0.2) is 60.7 Å². The van der Waals surface area contributed by atoms with Gasteiger partial charge in [-0.2, -0.15) is 0 Å². The number of amides is 1. The molecule has 0 aromatic heterocycles. The van der Waals surface area contributed by atoms with Crippen LogP contribution in [-0.2, 0) is 29.0 Å². The van der Waals surface area contributed by atoms with E-state index in [4.69, 9.17) is 9.47 Å². The normalized spacial score (nSPS) is 14.5. The van der Waals surface area contributed by atoms with Gasteiger partial charge in [0.25, 0.3) is 5.91 Å². The van der Waals surface area contributed by atoms with E-state index in [0.717, 1.165) is 23.8 Å². The van der Waals surface area contributed by atoms with Gasteiger partial charge in [-0.3, -0.25) is 9.59 Å². The molecule has 3 aromatic rings. The smallest absolute Gasteiger partial charge is 0.303 e. The summed E-state index contributed by atoms with van der Waals surface area (Å²) >= 11 is 0. The Morgan fingerprint density at radius 1 is 0.897 bits per heavy atom. The number of halogens is 3. The van der Waals surface area contributed by atoms with E-state index in [1.807, 2.05) is 0 Å². The average Bonchev–Trinajstić information content (AvgIpc) is 2.92. The molecule has 206 valence electrons. The first kappa shape index (κ1) is 28.2. The van der Waals surface area contributed by atoms with Crippen LogP contribution in [0.25, 0.3) is 0 Å². The molecule has 39 heavy (non-hydrogen) atoms. The second-order valence-corrected chi connectivity index (χ2v) is 9.72. The Bertz CT molecular complexity index is 1310. The molecule has 0 saturated carbocycles. The van der Waals surface area contributed by atoms with Gasteiger partial charge in [0.2, 0.25) is 0 Å². The van der Waals surface area contributed by atoms with Crippen LogP contribution in [0.2, 0.25) is 0 Å². The summed E-state index contributed by atoms with van der Waals surface area (Å²) in [5.74, 6) is -3.28. The van der Waals surface area contributed by atoms with E-state index in [1.54, 1.807) is 30.3 Å². The number of rotatable bonds is 11. The van der Waals surface area contributed by atoms with Crippen molar-refractivity contribution in [1.29, 1.82) is 0 Å². The van der Waals surface area contributed by atoms with Crippen LogP contribution in [0.3, 0.4) is 0 Å². The van der Waals surface area contributed by atoms with Crippen molar-refractivity contribution in [3.63, 3.8) is 0 Å². The first-order valence-electron chi connectivity index (χ1n) is 12.8. The molecule has 0 radical (unpaired) electrons. The second kappa shape index (κ2) is 12.8. The number of carboxylic acid groups (broad SMARTS) is 1. The highest BCUT2D eigenvalue weighted by Crippen LogP contribution is 2.28. The Hall–Kier alpha value is -3.85. The van der Waals surface area contributed by atoms with E-state index >= 15 is 0 Å². The quantitative estimate of drug-likeness (QED) is 0.330. The van der Waals surface area contributed by atoms with E-state index < -0.39 is 23.1 Å². The molecule has 1 amide bonds. The fraction of sp³-hybridized carbons (Fsp3) is 0.333. The molecule has 1 fully saturated rings. The number of carbonyl (C=O) groups excluding carboxylic acids is 1. The standard InChI is InChI=1S/C30H30F3NO5/c31-23-6-2-20(3-7-23)11-12-30(13-15-38-16-14-30)34-29(37)25-17-21(1-4-22(25)5-10-28(35)36)19-39-27-18-24(32)8-9-26(27)33/h1-4,6-9,17-18H,5,10-16,19H2,(H,34,37)(H,35,36). The maximum absolute atomic E-state index is 14.0. The first-order valence-corrected chi connectivity index (χ1v) is 12.8. The summed E-state index contributed by atoms with van der Waals surface area (Å²) in [7, 11) is 0. The lowest BCUT2D eigenvalue weighted by Crippen LogP contribution is -2.52. The van der Waals surface area contributed by atoms with Crippen molar-refractivity contribution in [2.75, 3.05) is 13.2 Å². The Kier molecular flexibility index (Phi) is 9.24. The molecule has 3 aromatic carbocycles. The monoisotopic (exact) mass is 541 g/mol. The Labute approximate surface area is 224 Å². The van der Waals surface area contributed by atoms with Crippen LogP contribution in [0.1, 0.15) is 52.7 Å². The summed E-state index contributed by atoms with van der Waals surface area (Å²) in [6.45, 7) is 0.828. The molecule has 1 saturated heterocycles. The lowest BCUT2D eigenvalue weighted by atomic mass is 9.83. The van der Waals surface area contributed by atoms with Gasteiger partial charge in [-0.25, -0.2) is 13.2 Å². The number of ether oxygens (including phenoxy) is 2. The molecule has 2 N–H and O–H groups in total. The van der Waals surface area contributed by atoms with Gasteiger partial charge in [-0.05, 0) is 79.1 Å². The first-order chi connectivity index (χ1) is 18.7. The molecule has 0 spiro atoms. The number of carbonyl (C=O) groups is 2. The maximum Gasteiger partial charge on any atom is 0.303 e. The number of aryl methyl sites for hydroxylation is 2. The zero-order valence-corrected chi connectivity index (χ0v) is 21.4. The summed E-state index contributed by atoms with van der Waals surface area (Å²) in [5, 5.41) is 12.4. The number of hydrogen-bond acceptors (Lipinski definition) is 4. The van der Waals surface area contributed by atoms with Crippen molar-refractivity contribution in [2.45, 2.75) is 50.7 Å². The summed E-state index contributed by atoms with van der Waals surface area (Å²) in [4.78, 5) is 24.9. The van der Waals surface area contributed by atoms with Crippen LogP contribution in [-0.4, -0.2) is 35.7 Å². The molecule has 6 nitrogen and oxygen atoms in total. The second-order valence-electron chi connectivity index (χ2n) is 9.72. The van der Waals surface area contributed by atoms with Crippen LogP contribution in [0.5, 0.6) is 5.75 Å². The number of carboxylic acids is 1. The SMILES string of the molecule is O=C(O)CCc1ccc(COc2cc(F)ccc2F)cc1C(=O)NC1(CCc2ccc(F)cc2)CCOCC1. The molecule has 0 bridgehead atoms. The molecule has 1 heterocycles. The molecular weight excluding hydrogens is 511 g/mol. The van der Waals surface area contributed by atoms with Gasteiger partial charge in [0.1, 0.15) is 18.2 Å². The highest BCUT2D eigenvalue weighted by molar-refractivity contribution is 5.96. The summed E-state index contributed by atoms with van der Waals surface area (Å²) in [6.07, 6.45) is 2.40. The molecule has 1 aliphatic heterocycles. The van der Waals surface area contributed by atoms with Crippen molar-refractivity contribution in [2.24, 2.45) is 0 Å². The molecular formula is C30H30F3NO5. The van der Waals surface area contributed by atoms with Crippen molar-refractivity contribution in [3.05, 3.63) is 100 Å². The highest BCUT2D eigenvalue weighted by Gasteiger charge is 2.34. The molecule has 0 atom stereocenters. The van der Waals surface area contributed by atoms with E-state index in [0.29, 0.717) is 55.6 Å². The largest absolute Gasteiger partial charge is 0.486 e. The Morgan fingerprint density at radius 3 is 2.31 bits per heavy atom. The van der Waals surface area contributed by atoms with Gasteiger partial charge in [0.05, 0.1) is 0 Å². The highest BCUT2D eigenvalue weighted by atomic mass is 19.1. The number of benzene rings is 3. The number of aliphatic carboxylic acids is 1. The van der Waals surface area contributed by atoms with Crippen molar-refractivity contribution >= 4 is 11.9 Å². The third kappa shape index (κ3) is 7.83. The zero-order chi connectivity index (χ0) is 27.8. The van der Waals surface area contributed by atoms with Gasteiger partial charge in [-0.1, -0.05) is 24.3 Å². The number of hydrogen-bond donors (Lipinski definition) is 2. The van der Waals surface area contributed by atoms with E-state index in [1.165, 1.54) is 12.1 Å². The van der Waals surface area contributed by atoms with Crippen molar-refractivity contribution in [1.82, 2.24) is 5.32 Å². The maximum atomic E-state index is 14.0. The van der Waals surface area contributed by atoms with Crippen LogP contribution < -0.4 is 10.1 Å². The molecule has 0 aliphatic carbocycles. The molecule has 0 unspecified atom stereocenters. The minimum atomic E-state index is -0.990. The summed E-state index contributed by atoms with van der Waals surface area (Å²) in [6, 6.07) is 14.1. The predicted molar refractivity (Wildman–Crippen MR) is 138 cm³/mol. The minimum absolute atomic E-state index is 0.122. The van der Waals surface area contributed by atoms with E-state index in [2.05, 4.69) is 5.32 Å². The fourth-order valence-corrected chi connectivity index (χ4v) is 4.68. The van der Waals surface area contributed by atoms with Crippen LogP contribution >= 0.6 is 0 Å². The van der Waals surface area contributed by atoms with Gasteiger partial charge >= 0.3 is 5.97 Å². The predicted octanol–water partition coefficient (Wildman–Crippen LogP) is 5.61. The van der Waals surface area contributed by atoms with Crippen LogP contribution in [0, 0.1) is 17.5 Å². The minimum Gasteiger partial charge on any atom is -0.486 e. The number of nitrogens with one attached hydrogen (secondary N) is 1. The fourth-order valence-electron chi connectivity index (χ4n) is 4.68. The van der Waals surface area contributed by atoms with Crippen molar-refractivity contribution < 1.29 is 37.3 Å². The third-order valence-corrected chi connectivity index (χ3v) is 6.95. The molecule has 4 rings (SSSR count). The van der Waals surface area contributed by atoms with E-state index in [9.17, 15) is 27.9 Å². The lowest BCUT2D eigenvalue weighted by Gasteiger charge is -2.38. The topological polar surface area (TPSA) is 84.9 Å². The third-order valence-electron chi connectivity index (χ3n) is 6.95. The Morgan fingerprint density at radius 2 is 1.59 bits per heavy atom. The molecule has 1 aliphatic rings. The van der Waals surface area contributed by atoms with Crippen LogP contribution in [0.4, 0.5) is 13.2 Å².